The van der Waals surface area contributed by atoms with E-state index in [0.29, 0.717) is 24.9 Å². The average molecular weight is 429 g/mol. The van der Waals surface area contributed by atoms with Gasteiger partial charge in [0.25, 0.3) is 5.91 Å². The van der Waals surface area contributed by atoms with Crippen LogP contribution >= 0.6 is 0 Å². The predicted molar refractivity (Wildman–Crippen MR) is 116 cm³/mol. The zero-order chi connectivity index (χ0) is 22.2. The van der Waals surface area contributed by atoms with Gasteiger partial charge in [0, 0.05) is 31.1 Å². The largest absolute Gasteiger partial charge is 0.322 e. The Labute approximate surface area is 185 Å². The van der Waals surface area contributed by atoms with Gasteiger partial charge in [0.15, 0.2) is 0 Å². The molecule has 1 aromatic heterocycles. The molecule has 1 fully saturated rings. The lowest BCUT2D eigenvalue weighted by molar-refractivity contribution is -0.136. The number of hydrogen-bond donors (Lipinski definition) is 1. The number of carbonyl (C=O) groups excluding carboxylic acids is 3. The molecule has 2 unspecified atom stereocenters. The van der Waals surface area contributed by atoms with E-state index in [4.69, 9.17) is 0 Å². The summed E-state index contributed by atoms with van der Waals surface area (Å²) < 4.78 is 1.83. The van der Waals surface area contributed by atoms with Crippen molar-refractivity contribution in [3.63, 3.8) is 0 Å². The first-order chi connectivity index (χ1) is 15.5. The van der Waals surface area contributed by atoms with Gasteiger partial charge in [-0.25, -0.2) is 4.68 Å². The lowest BCUT2D eigenvalue weighted by Crippen LogP contribution is -2.52. The summed E-state index contributed by atoms with van der Waals surface area (Å²) in [6.07, 6.45) is 3.27. The molecule has 3 amide bonds. The van der Waals surface area contributed by atoms with Gasteiger partial charge in [-0.15, -0.1) is 5.10 Å². The van der Waals surface area contributed by atoms with Crippen LogP contribution in [-0.2, 0) is 22.6 Å². The molecule has 0 spiro atoms. The van der Waals surface area contributed by atoms with Gasteiger partial charge >= 0.3 is 0 Å². The normalized spacial score (nSPS) is 19.1. The minimum absolute atomic E-state index is 0.0583. The number of nitrogens with zero attached hydrogens (tertiary/aromatic N) is 4. The van der Waals surface area contributed by atoms with E-state index >= 15 is 0 Å². The highest BCUT2D eigenvalue weighted by molar-refractivity contribution is 6.05. The number of fused-ring (bicyclic) bond motifs is 1. The van der Waals surface area contributed by atoms with Gasteiger partial charge in [-0.05, 0) is 36.1 Å². The Hall–Kier alpha value is -3.81. The first kappa shape index (κ1) is 20.1. The van der Waals surface area contributed by atoms with Crippen molar-refractivity contribution in [2.45, 2.75) is 44.8 Å². The molecule has 0 saturated carbocycles. The summed E-state index contributed by atoms with van der Waals surface area (Å²) in [6.45, 7) is 2.40. The molecule has 0 radical (unpaired) electrons. The van der Waals surface area contributed by atoms with E-state index < -0.39 is 11.9 Å². The van der Waals surface area contributed by atoms with Crippen LogP contribution in [0, 0.1) is 0 Å². The van der Waals surface area contributed by atoms with E-state index in [1.54, 1.807) is 4.90 Å². The minimum atomic E-state index is -0.607. The quantitative estimate of drug-likeness (QED) is 0.628. The monoisotopic (exact) mass is 429 g/mol. The topological polar surface area (TPSA) is 97.2 Å². The zero-order valence-electron chi connectivity index (χ0n) is 17.7. The molecule has 0 bridgehead atoms. The maximum Gasteiger partial charge on any atom is 0.255 e. The summed E-state index contributed by atoms with van der Waals surface area (Å²) in [5.74, 6) is -0.852. The molecule has 32 heavy (non-hydrogen) atoms. The molecule has 162 valence electrons. The van der Waals surface area contributed by atoms with Crippen LogP contribution in [0.25, 0.3) is 0 Å². The number of amides is 3. The molecular formula is C24H23N5O3. The van der Waals surface area contributed by atoms with Crippen LogP contribution in [0.1, 0.15) is 58.5 Å². The number of hydrogen-bond acceptors (Lipinski definition) is 5. The van der Waals surface area contributed by atoms with Crippen molar-refractivity contribution in [2.24, 2.45) is 0 Å². The molecule has 3 heterocycles. The van der Waals surface area contributed by atoms with Gasteiger partial charge in [-0.3, -0.25) is 19.7 Å². The van der Waals surface area contributed by atoms with Gasteiger partial charge in [-0.1, -0.05) is 47.7 Å². The second-order valence-corrected chi connectivity index (χ2v) is 8.34. The maximum absolute atomic E-state index is 12.9. The van der Waals surface area contributed by atoms with Gasteiger partial charge in [0.2, 0.25) is 11.8 Å². The third kappa shape index (κ3) is 3.68. The SMILES string of the molecule is CC(c1ccc2c(c1)CN(C1CCC(=O)NC1=O)C2=O)n1cc(Cc2ccccc2)nn1. The number of rotatable bonds is 5. The third-order valence-electron chi connectivity index (χ3n) is 6.21. The van der Waals surface area contributed by atoms with Crippen molar-refractivity contribution in [2.75, 3.05) is 0 Å². The summed E-state index contributed by atoms with van der Waals surface area (Å²) in [5, 5.41) is 10.9. The van der Waals surface area contributed by atoms with Gasteiger partial charge in [0.1, 0.15) is 6.04 Å². The van der Waals surface area contributed by atoms with E-state index in [0.717, 1.165) is 16.8 Å². The first-order valence-corrected chi connectivity index (χ1v) is 10.7. The lowest BCUT2D eigenvalue weighted by Gasteiger charge is -2.29. The van der Waals surface area contributed by atoms with Crippen molar-refractivity contribution in [3.8, 4) is 0 Å². The average Bonchev–Trinajstić information content (AvgIpc) is 3.38. The number of benzene rings is 2. The predicted octanol–water partition coefficient (Wildman–Crippen LogP) is 2.24. The Balaban J connectivity index is 1.33. The number of carbonyl (C=O) groups is 3. The van der Waals surface area contributed by atoms with E-state index in [1.165, 1.54) is 5.56 Å². The number of nitrogens with one attached hydrogen (secondary N) is 1. The Kier molecular flexibility index (Phi) is 5.05. The van der Waals surface area contributed by atoms with Gasteiger partial charge in [0.05, 0.1) is 11.7 Å². The van der Waals surface area contributed by atoms with Crippen molar-refractivity contribution < 1.29 is 14.4 Å². The van der Waals surface area contributed by atoms with Gasteiger partial charge in [-0.2, -0.15) is 0 Å². The molecule has 2 aromatic carbocycles. The second-order valence-electron chi connectivity index (χ2n) is 8.34. The molecule has 5 rings (SSSR count). The van der Waals surface area contributed by atoms with E-state index in [2.05, 4.69) is 27.8 Å². The molecule has 2 atom stereocenters. The summed E-state index contributed by atoms with van der Waals surface area (Å²) in [7, 11) is 0. The van der Waals surface area contributed by atoms with Crippen molar-refractivity contribution >= 4 is 17.7 Å². The van der Waals surface area contributed by atoms with Crippen LogP contribution in [0.2, 0.25) is 0 Å². The molecule has 1 N–H and O–H groups in total. The Bertz CT molecular complexity index is 1200. The molecule has 8 heteroatoms. The summed E-state index contributed by atoms with van der Waals surface area (Å²) >= 11 is 0. The molecule has 2 aliphatic heterocycles. The van der Waals surface area contributed by atoms with E-state index in [-0.39, 0.29) is 24.3 Å². The lowest BCUT2D eigenvalue weighted by atomic mass is 10.0. The molecule has 0 aliphatic carbocycles. The fourth-order valence-corrected chi connectivity index (χ4v) is 4.40. The smallest absolute Gasteiger partial charge is 0.255 e. The van der Waals surface area contributed by atoms with Crippen LogP contribution in [0.5, 0.6) is 0 Å². The van der Waals surface area contributed by atoms with Crippen molar-refractivity contribution in [1.29, 1.82) is 0 Å². The Morgan fingerprint density at radius 2 is 1.94 bits per heavy atom. The highest BCUT2D eigenvalue weighted by Crippen LogP contribution is 2.30. The summed E-state index contributed by atoms with van der Waals surface area (Å²) in [5.41, 5.74) is 4.57. The Morgan fingerprint density at radius 1 is 1.12 bits per heavy atom. The van der Waals surface area contributed by atoms with Crippen LogP contribution in [0.15, 0.2) is 54.7 Å². The number of imide groups is 1. The number of aromatic nitrogens is 3. The fourth-order valence-electron chi connectivity index (χ4n) is 4.40. The standard InChI is InChI=1S/C24H23N5O3/c1-15(29-14-19(26-27-29)11-16-5-3-2-4-6-16)17-7-8-20-18(12-17)13-28(24(20)32)21-9-10-22(30)25-23(21)31/h2-8,12,14-15,21H,9-11,13H2,1H3,(H,25,30,31). The summed E-state index contributed by atoms with van der Waals surface area (Å²) in [6, 6.07) is 15.2. The van der Waals surface area contributed by atoms with Gasteiger partial charge < -0.3 is 4.90 Å². The molecule has 2 aliphatic rings. The van der Waals surface area contributed by atoms with Crippen molar-refractivity contribution in [1.82, 2.24) is 25.2 Å². The van der Waals surface area contributed by atoms with Crippen LogP contribution < -0.4 is 5.32 Å². The van der Waals surface area contributed by atoms with Crippen LogP contribution in [0.4, 0.5) is 0 Å². The highest BCUT2D eigenvalue weighted by Gasteiger charge is 2.39. The van der Waals surface area contributed by atoms with Crippen LogP contribution in [-0.4, -0.2) is 43.7 Å². The molecule has 3 aromatic rings. The second kappa shape index (κ2) is 8.03. The third-order valence-corrected chi connectivity index (χ3v) is 6.21. The Morgan fingerprint density at radius 3 is 2.72 bits per heavy atom. The minimum Gasteiger partial charge on any atom is -0.322 e. The van der Waals surface area contributed by atoms with Crippen LogP contribution in [0.3, 0.4) is 0 Å². The first-order valence-electron chi connectivity index (χ1n) is 10.7. The molecule has 8 nitrogen and oxygen atoms in total. The highest BCUT2D eigenvalue weighted by atomic mass is 16.2. The molecule has 1 saturated heterocycles. The van der Waals surface area contributed by atoms with E-state index in [1.807, 2.05) is 54.2 Å². The molecular weight excluding hydrogens is 406 g/mol. The maximum atomic E-state index is 12.9. The number of piperidine rings is 1. The zero-order valence-corrected chi connectivity index (χ0v) is 17.7. The van der Waals surface area contributed by atoms with E-state index in [9.17, 15) is 14.4 Å². The fraction of sp³-hybridized carbons (Fsp3) is 0.292. The summed E-state index contributed by atoms with van der Waals surface area (Å²) in [4.78, 5) is 38.1. The van der Waals surface area contributed by atoms with Crippen molar-refractivity contribution in [3.05, 3.63) is 82.7 Å².